The van der Waals surface area contributed by atoms with Crippen molar-refractivity contribution in [2.75, 3.05) is 72.1 Å². The van der Waals surface area contributed by atoms with Crippen LogP contribution in [-0.2, 0) is 27.9 Å². The first-order valence-corrected chi connectivity index (χ1v) is 16.4. The van der Waals surface area contributed by atoms with Crippen molar-refractivity contribution in [3.8, 4) is 11.3 Å². The number of carbonyl (C=O) groups excluding carboxylic acids is 3. The quantitative estimate of drug-likeness (QED) is 0.273. The van der Waals surface area contributed by atoms with Gasteiger partial charge in [-0.25, -0.2) is 9.78 Å². The van der Waals surface area contributed by atoms with Crippen LogP contribution < -0.4 is 10.2 Å². The van der Waals surface area contributed by atoms with Gasteiger partial charge in [0, 0.05) is 71.8 Å². The number of hydrogen-bond donors (Lipinski definition) is 1. The lowest BCUT2D eigenvalue weighted by molar-refractivity contribution is -0.133. The lowest BCUT2D eigenvalue weighted by Gasteiger charge is -2.36. The van der Waals surface area contributed by atoms with Gasteiger partial charge in [-0.1, -0.05) is 43.7 Å². The third-order valence-electron chi connectivity index (χ3n) is 7.86. The second kappa shape index (κ2) is 15.5. The minimum Gasteiger partial charge on any atom is -0.449 e. The van der Waals surface area contributed by atoms with E-state index in [-0.39, 0.29) is 38.0 Å². The van der Waals surface area contributed by atoms with Crippen LogP contribution in [0.25, 0.3) is 11.3 Å². The summed E-state index contributed by atoms with van der Waals surface area (Å²) in [5.41, 5.74) is 2.19. The predicted molar refractivity (Wildman–Crippen MR) is 165 cm³/mol. The number of nitrogens with zero attached hydrogens (tertiary/aromatic N) is 4. The summed E-state index contributed by atoms with van der Waals surface area (Å²) in [6, 6.07) is 13.0. The Kier molecular flexibility index (Phi) is 11.7. The second-order valence-corrected chi connectivity index (χ2v) is 12.9. The van der Waals surface area contributed by atoms with Gasteiger partial charge in [-0.2, -0.15) is 0 Å². The standard InChI is InChI=1S/C30H42N5O8P/c1-5-6-18-43-30(38)34-16-14-33(15-17-34)29(37)28(44(39,41-3)42-4)32-27(36)26-20-23(35-13-12-24(21-35)40-2)19-25(31-26)22-10-8-7-9-11-22/h7-11,19-20,24,28H,5-6,12-18,21H2,1-4H3,(H,32,36)/t24-,28?/m0/s1. The minimum absolute atomic E-state index is 0.0402. The zero-order valence-electron chi connectivity index (χ0n) is 25.8. The van der Waals surface area contributed by atoms with E-state index in [2.05, 4.69) is 15.2 Å². The Balaban J connectivity index is 1.56. The molecule has 1 aromatic carbocycles. The molecule has 1 N–H and O–H groups in total. The molecule has 2 atom stereocenters. The van der Waals surface area contributed by atoms with E-state index in [1.807, 2.05) is 43.3 Å². The molecule has 3 heterocycles. The van der Waals surface area contributed by atoms with Crippen LogP contribution in [0.5, 0.6) is 0 Å². The summed E-state index contributed by atoms with van der Waals surface area (Å²) in [5.74, 6) is -2.99. The number of benzene rings is 1. The molecule has 0 radical (unpaired) electrons. The van der Waals surface area contributed by atoms with Crippen LogP contribution in [0.4, 0.5) is 10.5 Å². The number of amides is 3. The van der Waals surface area contributed by atoms with Crippen molar-refractivity contribution >= 4 is 31.2 Å². The molecular formula is C30H42N5O8P. The van der Waals surface area contributed by atoms with Crippen molar-refractivity contribution in [1.82, 2.24) is 20.1 Å². The molecule has 44 heavy (non-hydrogen) atoms. The third kappa shape index (κ3) is 7.95. The largest absolute Gasteiger partial charge is 0.449 e. The van der Waals surface area contributed by atoms with E-state index >= 15 is 0 Å². The number of nitrogens with one attached hydrogen (secondary N) is 1. The molecular weight excluding hydrogens is 589 g/mol. The molecule has 2 aliphatic heterocycles. The first kappa shape index (κ1) is 33.4. The number of methoxy groups -OCH3 is 1. The molecule has 240 valence electrons. The number of piperazine rings is 1. The number of unbranched alkanes of at least 4 members (excludes halogenated alkanes) is 1. The molecule has 0 spiro atoms. The highest BCUT2D eigenvalue weighted by atomic mass is 31.2. The molecule has 0 aliphatic carbocycles. The molecule has 2 aromatic rings. The first-order chi connectivity index (χ1) is 21.2. The molecule has 2 saturated heterocycles. The number of hydrogen-bond acceptors (Lipinski definition) is 10. The number of rotatable bonds is 12. The van der Waals surface area contributed by atoms with Crippen molar-refractivity contribution in [2.24, 2.45) is 0 Å². The predicted octanol–water partition coefficient (Wildman–Crippen LogP) is 3.60. The third-order valence-corrected chi connectivity index (χ3v) is 9.86. The van der Waals surface area contributed by atoms with Gasteiger partial charge in [0.05, 0.1) is 18.4 Å². The lowest BCUT2D eigenvalue weighted by atomic mass is 10.1. The Morgan fingerprint density at radius 1 is 1.00 bits per heavy atom. The SMILES string of the molecule is CCCCOC(=O)N1CCN(C(=O)C(NC(=O)c2cc(N3CC[C@H](OC)C3)cc(-c3ccccc3)n2)P(=O)(OC)OC)CC1. The van der Waals surface area contributed by atoms with Crippen LogP contribution in [-0.4, -0.2) is 112 Å². The summed E-state index contributed by atoms with van der Waals surface area (Å²) >= 11 is 0. The van der Waals surface area contributed by atoms with Gasteiger partial charge in [0.15, 0.2) is 0 Å². The molecule has 0 bridgehead atoms. The molecule has 2 aliphatic rings. The number of ether oxygens (including phenoxy) is 2. The Morgan fingerprint density at radius 2 is 1.68 bits per heavy atom. The second-order valence-electron chi connectivity index (χ2n) is 10.6. The van der Waals surface area contributed by atoms with Crippen LogP contribution in [0.2, 0.25) is 0 Å². The Labute approximate surface area is 258 Å². The summed E-state index contributed by atoms with van der Waals surface area (Å²) in [6.45, 7) is 4.49. The molecule has 14 heteroatoms. The van der Waals surface area contributed by atoms with Crippen LogP contribution >= 0.6 is 7.60 Å². The van der Waals surface area contributed by atoms with Crippen molar-refractivity contribution in [1.29, 1.82) is 0 Å². The summed E-state index contributed by atoms with van der Waals surface area (Å²) in [6.07, 6.45) is 2.14. The highest BCUT2D eigenvalue weighted by molar-refractivity contribution is 7.55. The van der Waals surface area contributed by atoms with E-state index in [1.54, 1.807) is 13.2 Å². The highest BCUT2D eigenvalue weighted by Gasteiger charge is 2.44. The molecule has 0 saturated carbocycles. The van der Waals surface area contributed by atoms with E-state index in [0.29, 0.717) is 18.8 Å². The molecule has 2 fully saturated rings. The number of carbonyl (C=O) groups is 3. The fourth-order valence-corrected chi connectivity index (χ4v) is 6.44. The van der Waals surface area contributed by atoms with Gasteiger partial charge < -0.3 is 38.5 Å². The molecule has 13 nitrogen and oxygen atoms in total. The average molecular weight is 632 g/mol. The first-order valence-electron chi connectivity index (χ1n) is 14.8. The molecule has 1 aromatic heterocycles. The maximum Gasteiger partial charge on any atom is 0.409 e. The minimum atomic E-state index is -4.14. The van der Waals surface area contributed by atoms with E-state index in [0.717, 1.165) is 51.3 Å². The topological polar surface area (TPSA) is 140 Å². The van der Waals surface area contributed by atoms with Crippen molar-refractivity contribution in [2.45, 2.75) is 38.1 Å². The van der Waals surface area contributed by atoms with Gasteiger partial charge in [0.25, 0.3) is 11.8 Å². The maximum atomic E-state index is 13.8. The smallest absolute Gasteiger partial charge is 0.409 e. The van der Waals surface area contributed by atoms with Crippen molar-refractivity contribution in [3.63, 3.8) is 0 Å². The van der Waals surface area contributed by atoms with E-state index in [4.69, 9.17) is 18.5 Å². The van der Waals surface area contributed by atoms with Gasteiger partial charge in [-0.05, 0) is 25.0 Å². The fourth-order valence-electron chi connectivity index (χ4n) is 5.16. The maximum absolute atomic E-state index is 13.8. The summed E-state index contributed by atoms with van der Waals surface area (Å²) in [5, 5.41) is 2.60. The van der Waals surface area contributed by atoms with Gasteiger partial charge in [0.2, 0.25) is 5.78 Å². The normalized spacial score (nSPS) is 17.8. The highest BCUT2D eigenvalue weighted by Crippen LogP contribution is 2.51. The Hall–Kier alpha value is -3.51. The Morgan fingerprint density at radius 3 is 2.30 bits per heavy atom. The van der Waals surface area contributed by atoms with Gasteiger partial charge in [-0.15, -0.1) is 0 Å². The number of pyridine rings is 1. The van der Waals surface area contributed by atoms with E-state index in [1.165, 1.54) is 9.80 Å². The lowest BCUT2D eigenvalue weighted by Crippen LogP contribution is -2.56. The van der Waals surface area contributed by atoms with Crippen LogP contribution in [0.3, 0.4) is 0 Å². The van der Waals surface area contributed by atoms with Crippen LogP contribution in [0.1, 0.15) is 36.7 Å². The number of aromatic nitrogens is 1. The summed E-state index contributed by atoms with van der Waals surface area (Å²) < 4.78 is 34.8. The average Bonchev–Trinajstić information content (AvgIpc) is 3.56. The molecule has 3 amide bonds. The van der Waals surface area contributed by atoms with E-state index in [9.17, 15) is 18.9 Å². The van der Waals surface area contributed by atoms with Gasteiger partial charge in [0.1, 0.15) is 5.69 Å². The van der Waals surface area contributed by atoms with Gasteiger partial charge >= 0.3 is 13.7 Å². The zero-order chi connectivity index (χ0) is 31.7. The zero-order valence-corrected chi connectivity index (χ0v) is 26.7. The van der Waals surface area contributed by atoms with E-state index < -0.39 is 31.3 Å². The fraction of sp³-hybridized carbons (Fsp3) is 0.533. The summed E-state index contributed by atoms with van der Waals surface area (Å²) in [4.78, 5) is 49.6. The van der Waals surface area contributed by atoms with Crippen molar-refractivity contribution < 1.29 is 37.5 Å². The van der Waals surface area contributed by atoms with Gasteiger partial charge in [-0.3, -0.25) is 14.2 Å². The molecule has 4 rings (SSSR count). The molecule has 1 unspecified atom stereocenters. The van der Waals surface area contributed by atoms with Crippen molar-refractivity contribution in [3.05, 3.63) is 48.2 Å². The Bertz CT molecular complexity index is 1330. The number of anilines is 1. The monoisotopic (exact) mass is 631 g/mol. The van der Waals surface area contributed by atoms with Crippen LogP contribution in [0.15, 0.2) is 42.5 Å². The van der Waals surface area contributed by atoms with Crippen LogP contribution in [0, 0.1) is 0 Å². The summed E-state index contributed by atoms with van der Waals surface area (Å²) in [7, 11) is -0.144.